The van der Waals surface area contributed by atoms with Gasteiger partial charge in [0.15, 0.2) is 0 Å². The van der Waals surface area contributed by atoms with Crippen LogP contribution in [0.3, 0.4) is 0 Å². The van der Waals surface area contributed by atoms with E-state index < -0.39 is 0 Å². The maximum Gasteiger partial charge on any atom is 0.269 e. The van der Waals surface area contributed by atoms with Crippen molar-refractivity contribution in [1.29, 1.82) is 0 Å². The average Bonchev–Trinajstić information content (AvgIpc) is 2.72. The van der Waals surface area contributed by atoms with Gasteiger partial charge in [0.1, 0.15) is 11.5 Å². The monoisotopic (exact) mass is 247 g/mol. The molecular weight excluding hydrogens is 233 g/mol. The molecule has 0 fully saturated rings. The molecule has 18 heavy (non-hydrogen) atoms. The maximum absolute atomic E-state index is 12.8. The molecule has 1 N–H and O–H groups in total. The van der Waals surface area contributed by atoms with Gasteiger partial charge in [-0.15, -0.1) is 0 Å². The van der Waals surface area contributed by atoms with Gasteiger partial charge in [-0.3, -0.25) is 9.48 Å². The molecule has 5 heteroatoms. The fourth-order valence-corrected chi connectivity index (χ4v) is 1.74. The number of rotatable bonds is 3. The Labute approximate surface area is 104 Å². The van der Waals surface area contributed by atoms with E-state index in [1.165, 1.54) is 12.1 Å². The Morgan fingerprint density at radius 1 is 1.39 bits per heavy atom. The second kappa shape index (κ2) is 5.00. The minimum atomic E-state index is -0.276. The fraction of sp³-hybridized carbons (Fsp3) is 0.231. The number of hydrogen-bond acceptors (Lipinski definition) is 2. The Hall–Kier alpha value is -2.17. The maximum atomic E-state index is 12.8. The van der Waals surface area contributed by atoms with Gasteiger partial charge in [-0.1, -0.05) is 12.1 Å². The molecular formula is C13H14FN3O. The summed E-state index contributed by atoms with van der Waals surface area (Å²) in [6.45, 7) is 2.27. The molecule has 0 saturated carbocycles. The van der Waals surface area contributed by atoms with Crippen molar-refractivity contribution in [2.75, 3.05) is 7.05 Å². The summed E-state index contributed by atoms with van der Waals surface area (Å²) in [5.41, 5.74) is 2.17. The molecule has 0 bridgehead atoms. The van der Waals surface area contributed by atoms with E-state index in [1.807, 2.05) is 6.92 Å². The smallest absolute Gasteiger partial charge is 0.269 e. The number of hydrogen-bond donors (Lipinski definition) is 1. The van der Waals surface area contributed by atoms with Crippen LogP contribution >= 0.6 is 0 Å². The zero-order valence-electron chi connectivity index (χ0n) is 10.3. The summed E-state index contributed by atoms with van der Waals surface area (Å²) in [4.78, 5) is 11.7. The van der Waals surface area contributed by atoms with Crippen LogP contribution in [-0.2, 0) is 6.54 Å². The quantitative estimate of drug-likeness (QED) is 0.898. The lowest BCUT2D eigenvalue weighted by molar-refractivity contribution is 0.0953. The second-order valence-corrected chi connectivity index (χ2v) is 4.03. The molecule has 0 radical (unpaired) electrons. The summed E-state index contributed by atoms with van der Waals surface area (Å²) in [6, 6.07) is 7.87. The third-order valence-electron chi connectivity index (χ3n) is 2.61. The highest BCUT2D eigenvalue weighted by atomic mass is 19.1. The lowest BCUT2D eigenvalue weighted by Gasteiger charge is -2.06. The molecule has 0 saturated heterocycles. The molecule has 0 atom stereocenters. The predicted molar refractivity (Wildman–Crippen MR) is 65.9 cm³/mol. The summed E-state index contributed by atoms with van der Waals surface area (Å²) in [5.74, 6) is -0.459. The Bertz CT molecular complexity index is 560. The first-order chi connectivity index (χ1) is 8.60. The number of aromatic nitrogens is 2. The SMILES string of the molecule is CNC(=O)c1cc(C)nn1Cc1ccc(F)cc1. The minimum absolute atomic E-state index is 0.183. The van der Waals surface area contributed by atoms with Crippen LogP contribution in [-0.4, -0.2) is 22.7 Å². The van der Waals surface area contributed by atoms with Crippen molar-refractivity contribution < 1.29 is 9.18 Å². The van der Waals surface area contributed by atoms with E-state index >= 15 is 0 Å². The number of nitrogens with one attached hydrogen (secondary N) is 1. The highest BCUT2D eigenvalue weighted by molar-refractivity contribution is 5.92. The van der Waals surface area contributed by atoms with Crippen molar-refractivity contribution in [3.8, 4) is 0 Å². The highest BCUT2D eigenvalue weighted by Crippen LogP contribution is 2.09. The first kappa shape index (κ1) is 12.3. The molecule has 0 aliphatic rings. The topological polar surface area (TPSA) is 46.9 Å². The lowest BCUT2D eigenvalue weighted by Crippen LogP contribution is -2.22. The van der Waals surface area contributed by atoms with Gasteiger partial charge in [0.2, 0.25) is 0 Å². The van der Waals surface area contributed by atoms with Gasteiger partial charge >= 0.3 is 0 Å². The third-order valence-corrected chi connectivity index (χ3v) is 2.61. The number of aryl methyl sites for hydroxylation is 1. The Kier molecular flexibility index (Phi) is 3.41. The largest absolute Gasteiger partial charge is 0.354 e. The van der Waals surface area contributed by atoms with E-state index in [4.69, 9.17) is 0 Å². The number of carbonyl (C=O) groups is 1. The number of amides is 1. The van der Waals surface area contributed by atoms with Gasteiger partial charge in [0.05, 0.1) is 12.2 Å². The molecule has 1 aromatic heterocycles. The van der Waals surface area contributed by atoms with Crippen LogP contribution in [0.4, 0.5) is 4.39 Å². The molecule has 0 aliphatic heterocycles. The molecule has 1 amide bonds. The third kappa shape index (κ3) is 2.56. The Morgan fingerprint density at radius 3 is 2.67 bits per heavy atom. The first-order valence-corrected chi connectivity index (χ1v) is 5.61. The Morgan fingerprint density at radius 2 is 2.06 bits per heavy atom. The summed E-state index contributed by atoms with van der Waals surface area (Å²) in [5, 5.41) is 6.83. The summed E-state index contributed by atoms with van der Waals surface area (Å²) in [6.07, 6.45) is 0. The van der Waals surface area contributed by atoms with E-state index in [0.29, 0.717) is 12.2 Å². The van der Waals surface area contributed by atoms with Crippen molar-refractivity contribution in [2.24, 2.45) is 0 Å². The molecule has 1 heterocycles. The van der Waals surface area contributed by atoms with Crippen molar-refractivity contribution in [3.63, 3.8) is 0 Å². The molecule has 94 valence electrons. The summed E-state index contributed by atoms with van der Waals surface area (Å²) in [7, 11) is 1.58. The standard InChI is InChI=1S/C13H14FN3O/c1-9-7-12(13(18)15-2)17(16-9)8-10-3-5-11(14)6-4-10/h3-7H,8H2,1-2H3,(H,15,18). The van der Waals surface area contributed by atoms with Gasteiger partial charge in [-0.2, -0.15) is 5.10 Å². The zero-order chi connectivity index (χ0) is 13.1. The van der Waals surface area contributed by atoms with Crippen molar-refractivity contribution >= 4 is 5.91 Å². The van der Waals surface area contributed by atoms with Crippen molar-refractivity contribution in [2.45, 2.75) is 13.5 Å². The molecule has 2 rings (SSSR count). The van der Waals surface area contributed by atoms with E-state index in [-0.39, 0.29) is 11.7 Å². The highest BCUT2D eigenvalue weighted by Gasteiger charge is 2.12. The van der Waals surface area contributed by atoms with E-state index in [0.717, 1.165) is 11.3 Å². The predicted octanol–water partition coefficient (Wildman–Crippen LogP) is 1.74. The van der Waals surface area contributed by atoms with Crippen LogP contribution in [0.1, 0.15) is 21.7 Å². The molecule has 4 nitrogen and oxygen atoms in total. The lowest BCUT2D eigenvalue weighted by atomic mass is 10.2. The molecule has 0 unspecified atom stereocenters. The first-order valence-electron chi connectivity index (χ1n) is 5.61. The van der Waals surface area contributed by atoms with E-state index in [2.05, 4.69) is 10.4 Å². The van der Waals surface area contributed by atoms with Gasteiger partial charge in [-0.05, 0) is 30.7 Å². The number of halogens is 1. The molecule has 0 aliphatic carbocycles. The van der Waals surface area contributed by atoms with Crippen LogP contribution in [0.2, 0.25) is 0 Å². The van der Waals surface area contributed by atoms with Crippen molar-refractivity contribution in [1.82, 2.24) is 15.1 Å². The van der Waals surface area contributed by atoms with Crippen LogP contribution in [0.5, 0.6) is 0 Å². The molecule has 2 aromatic rings. The second-order valence-electron chi connectivity index (χ2n) is 4.03. The fourth-order valence-electron chi connectivity index (χ4n) is 1.74. The number of benzene rings is 1. The number of carbonyl (C=O) groups excluding carboxylic acids is 1. The summed E-state index contributed by atoms with van der Waals surface area (Å²) >= 11 is 0. The Balaban J connectivity index is 2.28. The van der Waals surface area contributed by atoms with E-state index in [9.17, 15) is 9.18 Å². The van der Waals surface area contributed by atoms with Crippen molar-refractivity contribution in [3.05, 3.63) is 53.1 Å². The van der Waals surface area contributed by atoms with Gasteiger partial charge < -0.3 is 5.32 Å². The summed E-state index contributed by atoms with van der Waals surface area (Å²) < 4.78 is 14.4. The van der Waals surface area contributed by atoms with Crippen LogP contribution in [0.25, 0.3) is 0 Å². The van der Waals surface area contributed by atoms with Gasteiger partial charge in [-0.25, -0.2) is 4.39 Å². The zero-order valence-corrected chi connectivity index (χ0v) is 10.3. The number of nitrogens with zero attached hydrogens (tertiary/aromatic N) is 2. The van der Waals surface area contributed by atoms with Crippen LogP contribution in [0, 0.1) is 12.7 Å². The van der Waals surface area contributed by atoms with Gasteiger partial charge in [0, 0.05) is 7.05 Å². The van der Waals surface area contributed by atoms with Crippen LogP contribution in [0.15, 0.2) is 30.3 Å². The van der Waals surface area contributed by atoms with E-state index in [1.54, 1.807) is 29.9 Å². The van der Waals surface area contributed by atoms with Crippen LogP contribution < -0.4 is 5.32 Å². The van der Waals surface area contributed by atoms with Gasteiger partial charge in [0.25, 0.3) is 5.91 Å². The average molecular weight is 247 g/mol. The minimum Gasteiger partial charge on any atom is -0.354 e. The molecule has 0 spiro atoms. The normalized spacial score (nSPS) is 10.4. The molecule has 1 aromatic carbocycles.